The van der Waals surface area contributed by atoms with E-state index in [0.717, 1.165) is 167 Å². The van der Waals surface area contributed by atoms with Crippen LogP contribution >= 0.6 is 104 Å². The van der Waals surface area contributed by atoms with Gasteiger partial charge in [-0.15, -0.1) is 0 Å². The largest absolute Gasteiger partial charge is 0.497 e. The van der Waals surface area contributed by atoms with Gasteiger partial charge in [0.2, 0.25) is 23.8 Å². The van der Waals surface area contributed by atoms with Crippen molar-refractivity contribution in [3.05, 3.63) is 314 Å². The molecule has 1 saturated heterocycles. The highest BCUT2D eigenvalue weighted by molar-refractivity contribution is 14.1. The van der Waals surface area contributed by atoms with E-state index in [1.165, 1.54) is 126 Å². The van der Waals surface area contributed by atoms with Gasteiger partial charge in [-0.25, -0.2) is 29.9 Å². The van der Waals surface area contributed by atoms with E-state index in [4.69, 9.17) is 80.4 Å². The highest BCUT2D eigenvalue weighted by Gasteiger charge is 2.25. The number of methoxy groups -OCH3 is 2. The first-order chi connectivity index (χ1) is 69.7. The number of hydrogen-bond donors (Lipinski definition) is 9. The second kappa shape index (κ2) is 52.6. The maximum Gasteiger partial charge on any atom is 0.235 e. The van der Waals surface area contributed by atoms with Crippen molar-refractivity contribution in [2.45, 2.75) is 158 Å². The Balaban J connectivity index is 0.000000137. The lowest BCUT2D eigenvalue weighted by Crippen LogP contribution is -2.11. The Hall–Kier alpha value is -13.6. The molecule has 6 aromatic carbocycles. The average Bonchev–Trinajstić information content (AvgIpc) is 1.65. The van der Waals surface area contributed by atoms with E-state index in [1.54, 1.807) is 51.4 Å². The number of hydrogen-bond acceptors (Lipinski definition) is 36. The van der Waals surface area contributed by atoms with Crippen molar-refractivity contribution < 1.29 is 14.2 Å². The van der Waals surface area contributed by atoms with Gasteiger partial charge in [-0.3, -0.25) is 29.9 Å². The summed E-state index contributed by atoms with van der Waals surface area (Å²) in [4.78, 5) is 68.6. The van der Waals surface area contributed by atoms with E-state index in [1.807, 2.05) is 87.9 Å². The second-order valence-corrected chi connectivity index (χ2v) is 39.8. The predicted molar refractivity (Wildman–Crippen MR) is 595 cm³/mol. The van der Waals surface area contributed by atoms with Crippen molar-refractivity contribution in [1.29, 1.82) is 0 Å². The average molecular weight is 2180 g/mol. The van der Waals surface area contributed by atoms with E-state index >= 15 is 0 Å². The minimum absolute atomic E-state index is 0.297. The molecule has 32 nitrogen and oxygen atoms in total. The summed E-state index contributed by atoms with van der Waals surface area (Å²) in [6.07, 6.45) is 35.3. The fourth-order valence-electron chi connectivity index (χ4n) is 14.9. The SMILES string of the molecule is C1CCOC1.CC(C)Nc1cncc(C2=CCc3ccc(-c4nc(N)ns4)cc32)n1.CC(C)Nc1cncc(C2=CCc3ccc(-c4nc(N)ns4)cc32)n1.CC(C)Nc1cncc(Cl)n1.COc1ccc(CNc2nsc(-c3ccc4c(c3)C(I)=CC4)n2)cc1.COc1ccc(CNc2nsc(-c3ccc4c(c3)C(c3cncc(NC(C)C)n3)=CC4)n2)cc1.Cc1cncc(NC(C)C)n1.Clc1cncc(Cl)n1. The quantitative estimate of drug-likeness (QED) is 0.0240. The minimum Gasteiger partial charge on any atom is -0.497 e. The molecule has 11 heterocycles. The number of nitrogens with one attached hydrogen (secondary N) is 7. The van der Waals surface area contributed by atoms with E-state index in [2.05, 4.69) is 290 Å². The molecule has 0 radical (unpaired) electrons. The van der Waals surface area contributed by atoms with Crippen LogP contribution in [0.4, 0.5) is 52.9 Å². The van der Waals surface area contributed by atoms with Crippen LogP contribution < -0.4 is 58.2 Å². The van der Waals surface area contributed by atoms with Crippen LogP contribution in [0.3, 0.4) is 0 Å². The lowest BCUT2D eigenvalue weighted by molar-refractivity contribution is 0.198. The lowest BCUT2D eigenvalue weighted by Gasteiger charge is -2.11. The second-order valence-electron chi connectivity index (χ2n) is 34.5. The number of aryl methyl sites for hydroxylation is 1. The molecule has 0 amide bonds. The molecule has 21 rings (SSSR count). The molecule has 1 fully saturated rings. The van der Waals surface area contributed by atoms with Crippen molar-refractivity contribution in [2.75, 3.05) is 76.1 Å². The molecule has 0 spiro atoms. The Bertz CT molecular complexity index is 6860. The number of halogens is 4. The van der Waals surface area contributed by atoms with Gasteiger partial charge in [-0.1, -0.05) is 132 Å². The maximum absolute atomic E-state index is 5.66. The van der Waals surface area contributed by atoms with Gasteiger partial charge in [0.1, 0.15) is 76.1 Å². The Morgan fingerprint density at radius 2 is 0.667 bits per heavy atom. The van der Waals surface area contributed by atoms with Crippen LogP contribution in [-0.4, -0.2) is 155 Å². The van der Waals surface area contributed by atoms with Gasteiger partial charge in [0, 0.05) is 105 Å². The Morgan fingerprint density at radius 1 is 0.354 bits per heavy atom. The molecule has 40 heteroatoms. The highest BCUT2D eigenvalue weighted by Crippen LogP contribution is 2.41. The predicted octanol–water partition coefficient (Wildman–Crippen LogP) is 23.5. The van der Waals surface area contributed by atoms with Gasteiger partial charge in [-0.2, -0.15) is 37.4 Å². The van der Waals surface area contributed by atoms with Crippen molar-refractivity contribution in [1.82, 2.24) is 97.2 Å². The number of nitrogens with two attached hydrogens (primary N) is 2. The molecule has 0 atom stereocenters. The van der Waals surface area contributed by atoms with Crippen LogP contribution in [0.1, 0.15) is 160 Å². The van der Waals surface area contributed by atoms with Crippen LogP contribution in [-0.2, 0) is 43.5 Å². The summed E-state index contributed by atoms with van der Waals surface area (Å²) < 4.78 is 33.7. The number of anilines is 9. The molecule has 16 aromatic rings. The van der Waals surface area contributed by atoms with Gasteiger partial charge in [0.25, 0.3) is 0 Å². The Labute approximate surface area is 882 Å². The number of rotatable bonds is 25. The van der Waals surface area contributed by atoms with E-state index in [0.29, 0.717) is 88.4 Å². The van der Waals surface area contributed by atoms with Gasteiger partial charge < -0.3 is 62.9 Å². The highest BCUT2D eigenvalue weighted by atomic mass is 127. The molecule has 10 aromatic heterocycles. The standard InChI is InChI=1S/C26H26N6OS.C19H16IN3OS.2C18H18N6S.C8H13N3.C7H10ClN3.C4H2Cl2N2.C4H8O/c1-16(2)29-24-15-27-14-23(30-24)21-11-8-18-6-7-19(12-22(18)21)25-31-26(32-34-25)28-13-17-4-9-20(33-3)10-5-17;1-24-15-7-2-12(3-8-15)11-21-19-22-18(25-23-19)14-5-4-13-6-9-17(20)16(13)10-14;2*1-10(2)21-16-9-20-8-15(22-16)13-6-5-11-3-4-12(7-14(11)13)17-23-18(19)24-25-17;1-6(2)10-8-5-9-4-7(3)11-8;1-5(2)10-7-4-9-3-6(8)11-7;5-3-1-7-2-4(6)8-3;1-2-4-5-3-1/h4-7,9-12,14-16H,8,13H2,1-3H3,(H,28,32)(H,29,30);2-5,7-10H,6,11H2,1H3,(H,21,23);2*3-4,6-10H,5H2,1-2H3,(H2,19,24)(H,21,22);4-6H,1-3H3,(H,10,11);3-5H,1-2H3,(H,10,11);1-2H;1-4H2. The van der Waals surface area contributed by atoms with Crippen molar-refractivity contribution in [3.8, 4) is 53.8 Å². The van der Waals surface area contributed by atoms with Crippen molar-refractivity contribution >= 4 is 177 Å². The van der Waals surface area contributed by atoms with Gasteiger partial charge >= 0.3 is 0 Å². The molecule has 0 unspecified atom stereocenters. The van der Waals surface area contributed by atoms with Crippen LogP contribution in [0, 0.1) is 6.92 Å². The van der Waals surface area contributed by atoms with Crippen LogP contribution in [0.5, 0.6) is 11.5 Å². The van der Waals surface area contributed by atoms with Gasteiger partial charge in [0.05, 0.1) is 105 Å². The number of benzene rings is 6. The number of ether oxygens (including phenoxy) is 3. The molecule has 5 aliphatic rings. The topological polar surface area (TPSA) is 422 Å². The summed E-state index contributed by atoms with van der Waals surface area (Å²) >= 11 is 24.2. The van der Waals surface area contributed by atoms with E-state index in [-0.39, 0.29) is 0 Å². The first-order valence-corrected chi connectivity index (χ1v) is 51.8. The molecule has 144 heavy (non-hydrogen) atoms. The zero-order valence-electron chi connectivity index (χ0n) is 81.7. The number of nitrogen functional groups attached to an aromatic ring is 2. The van der Waals surface area contributed by atoms with Crippen LogP contribution in [0.2, 0.25) is 15.5 Å². The molecular formula is C104H111Cl3IN29O3S4. The Kier molecular flexibility index (Phi) is 38.7. The van der Waals surface area contributed by atoms with Crippen LogP contribution in [0.25, 0.3) is 62.6 Å². The molecule has 742 valence electrons. The third kappa shape index (κ3) is 31.4. The monoisotopic (exact) mass is 2170 g/mol. The minimum atomic E-state index is 0.297. The lowest BCUT2D eigenvalue weighted by atomic mass is 10.0. The van der Waals surface area contributed by atoms with Crippen molar-refractivity contribution in [2.24, 2.45) is 0 Å². The smallest absolute Gasteiger partial charge is 0.235 e. The van der Waals surface area contributed by atoms with E-state index < -0.39 is 0 Å². The summed E-state index contributed by atoms with van der Waals surface area (Å²) in [5.41, 5.74) is 34.8. The number of allylic oxidation sites excluding steroid dienone is 4. The van der Waals surface area contributed by atoms with Crippen LogP contribution in [0.15, 0.2) is 220 Å². The number of aromatic nitrogens is 20. The van der Waals surface area contributed by atoms with Crippen molar-refractivity contribution in [3.63, 3.8) is 0 Å². The zero-order chi connectivity index (χ0) is 102. The summed E-state index contributed by atoms with van der Waals surface area (Å²) in [5, 5.41) is 27.3. The normalized spacial score (nSPS) is 12.5. The molecule has 4 aliphatic carbocycles. The third-order valence-electron chi connectivity index (χ3n) is 21.3. The van der Waals surface area contributed by atoms with E-state index in [9.17, 15) is 0 Å². The first-order valence-electron chi connectivity index (χ1n) is 46.5. The summed E-state index contributed by atoms with van der Waals surface area (Å²) in [6.45, 7) is 26.0. The Morgan fingerprint density at radius 3 is 0.986 bits per heavy atom. The zero-order valence-corrected chi connectivity index (χ0v) is 89.4. The van der Waals surface area contributed by atoms with Gasteiger partial charge in [-0.05, 0) is 288 Å². The molecule has 0 saturated carbocycles. The molecular weight excluding hydrogens is 2060 g/mol. The third-order valence-corrected chi connectivity index (χ3v) is 25.9. The fourth-order valence-corrected chi connectivity index (χ4v) is 18.5. The van der Waals surface area contributed by atoms with Gasteiger partial charge in [0.15, 0.2) is 0 Å². The fraction of sp³-hybridized carbons (Fsp3) is 0.269. The molecule has 0 bridgehead atoms. The summed E-state index contributed by atoms with van der Waals surface area (Å²) in [6, 6.07) is 43.3. The summed E-state index contributed by atoms with van der Waals surface area (Å²) in [5.74, 6) is 7.55. The number of fused-ring (bicyclic) bond motifs is 4. The molecule has 11 N–H and O–H groups in total. The molecule has 1 aliphatic heterocycles. The number of nitrogens with zero attached hydrogens (tertiary/aromatic N) is 20. The maximum atomic E-state index is 5.66. The summed E-state index contributed by atoms with van der Waals surface area (Å²) in [7, 11) is 3.34. The first kappa shape index (κ1) is 106.